The number of rotatable bonds is 5. The first-order valence-electron chi connectivity index (χ1n) is 8.12. The maximum Gasteiger partial charge on any atom is 0.193 e. The molecule has 0 radical (unpaired) electrons. The molecule has 0 aromatic heterocycles. The van der Waals surface area contributed by atoms with Crippen LogP contribution in [0.2, 0.25) is 0 Å². The van der Waals surface area contributed by atoms with Gasteiger partial charge >= 0.3 is 0 Å². The summed E-state index contributed by atoms with van der Waals surface area (Å²) in [4.78, 5) is 6.84. The monoisotopic (exact) mass is 545 g/mol. The number of aliphatic hydroxyl groups is 1. The molecular formula is C16H25BrIN3O3S. The molecule has 1 fully saturated rings. The van der Waals surface area contributed by atoms with Crippen LogP contribution >= 0.6 is 39.9 Å². The smallest absolute Gasteiger partial charge is 0.193 e. The lowest BCUT2D eigenvalue weighted by molar-refractivity contribution is 0.108. The van der Waals surface area contributed by atoms with E-state index in [0.717, 1.165) is 30.1 Å². The van der Waals surface area contributed by atoms with Gasteiger partial charge in [-0.1, -0.05) is 15.9 Å². The summed E-state index contributed by atoms with van der Waals surface area (Å²) in [6.07, 6.45) is 1.17. The normalized spacial score (nSPS) is 16.4. The van der Waals surface area contributed by atoms with Gasteiger partial charge in [-0.25, -0.2) is 8.42 Å². The minimum Gasteiger partial charge on any atom is -0.393 e. The van der Waals surface area contributed by atoms with Crippen LogP contribution in [0.1, 0.15) is 19.8 Å². The van der Waals surface area contributed by atoms with Crippen molar-refractivity contribution in [2.24, 2.45) is 4.99 Å². The van der Waals surface area contributed by atoms with Crippen molar-refractivity contribution in [2.45, 2.75) is 30.8 Å². The number of nitrogens with one attached hydrogen (secondary N) is 1. The van der Waals surface area contributed by atoms with Crippen molar-refractivity contribution >= 4 is 55.7 Å². The van der Waals surface area contributed by atoms with E-state index in [2.05, 4.69) is 31.1 Å². The molecule has 1 aromatic carbocycles. The predicted octanol–water partition coefficient (Wildman–Crippen LogP) is 2.26. The summed E-state index contributed by atoms with van der Waals surface area (Å²) in [5.74, 6) is 0.690. The largest absolute Gasteiger partial charge is 0.393 e. The molecule has 1 aliphatic heterocycles. The maximum absolute atomic E-state index is 12.4. The van der Waals surface area contributed by atoms with E-state index >= 15 is 0 Å². The summed E-state index contributed by atoms with van der Waals surface area (Å²) in [6, 6.07) is 6.64. The molecule has 0 unspecified atom stereocenters. The summed E-state index contributed by atoms with van der Waals surface area (Å²) in [5.41, 5.74) is 0. The average molecular weight is 546 g/mol. The Balaban J connectivity index is 0.00000312. The van der Waals surface area contributed by atoms with Crippen LogP contribution in [0.5, 0.6) is 0 Å². The predicted molar refractivity (Wildman–Crippen MR) is 114 cm³/mol. The molecule has 1 aliphatic rings. The van der Waals surface area contributed by atoms with Crippen LogP contribution in [0.4, 0.5) is 0 Å². The van der Waals surface area contributed by atoms with Gasteiger partial charge in [0.15, 0.2) is 15.8 Å². The molecule has 142 valence electrons. The molecular weight excluding hydrogens is 521 g/mol. The van der Waals surface area contributed by atoms with Crippen molar-refractivity contribution in [2.75, 3.05) is 31.9 Å². The number of guanidine groups is 1. The fraction of sp³-hybridized carbons (Fsp3) is 0.562. The SMILES string of the molecule is CCNC(=NCCS(=O)(=O)c1ccc(Br)cc1)N1CCC(O)CC1.I. The number of benzene rings is 1. The fourth-order valence-corrected chi connectivity index (χ4v) is 3.92. The van der Waals surface area contributed by atoms with Crippen molar-refractivity contribution in [3.05, 3.63) is 28.7 Å². The standard InChI is InChI=1S/C16H24BrN3O3S.HI/c1-2-18-16(20-10-7-14(21)8-11-20)19-9-12-24(22,23)15-5-3-13(17)4-6-15;/h3-6,14,21H,2,7-12H2,1H3,(H,18,19);1H. The Kier molecular flexibility index (Phi) is 9.68. The molecule has 1 heterocycles. The van der Waals surface area contributed by atoms with Crippen LogP contribution in [0.3, 0.4) is 0 Å². The number of sulfone groups is 1. The molecule has 0 saturated carbocycles. The van der Waals surface area contributed by atoms with Crippen molar-refractivity contribution < 1.29 is 13.5 Å². The third-order valence-electron chi connectivity index (χ3n) is 3.89. The number of aliphatic hydroxyl groups excluding tert-OH is 1. The van der Waals surface area contributed by atoms with Gasteiger partial charge in [0.25, 0.3) is 0 Å². The van der Waals surface area contributed by atoms with Crippen LogP contribution < -0.4 is 5.32 Å². The van der Waals surface area contributed by atoms with Gasteiger partial charge in [-0.05, 0) is 44.0 Å². The molecule has 9 heteroatoms. The minimum atomic E-state index is -3.34. The lowest BCUT2D eigenvalue weighted by atomic mass is 10.1. The van der Waals surface area contributed by atoms with Crippen molar-refractivity contribution in [3.8, 4) is 0 Å². The highest BCUT2D eigenvalue weighted by atomic mass is 127. The molecule has 25 heavy (non-hydrogen) atoms. The quantitative estimate of drug-likeness (QED) is 0.337. The molecule has 1 aromatic rings. The number of piperidine rings is 1. The number of hydrogen-bond acceptors (Lipinski definition) is 4. The topological polar surface area (TPSA) is 82.0 Å². The van der Waals surface area contributed by atoms with Gasteiger partial charge in [-0.15, -0.1) is 24.0 Å². The van der Waals surface area contributed by atoms with E-state index in [1.807, 2.05) is 6.92 Å². The van der Waals surface area contributed by atoms with Crippen LogP contribution in [0.25, 0.3) is 0 Å². The second-order valence-corrected chi connectivity index (χ2v) is 8.75. The van der Waals surface area contributed by atoms with Gasteiger partial charge in [0.1, 0.15) is 0 Å². The van der Waals surface area contributed by atoms with E-state index in [9.17, 15) is 13.5 Å². The molecule has 0 bridgehead atoms. The van der Waals surface area contributed by atoms with E-state index in [4.69, 9.17) is 0 Å². The van der Waals surface area contributed by atoms with Crippen LogP contribution in [-0.2, 0) is 9.84 Å². The Morgan fingerprint density at radius 3 is 2.48 bits per heavy atom. The second-order valence-electron chi connectivity index (χ2n) is 5.73. The zero-order valence-corrected chi connectivity index (χ0v) is 18.9. The molecule has 0 spiro atoms. The zero-order valence-electron chi connectivity index (χ0n) is 14.2. The highest BCUT2D eigenvalue weighted by Crippen LogP contribution is 2.16. The van der Waals surface area contributed by atoms with Crippen molar-refractivity contribution in [1.29, 1.82) is 0 Å². The van der Waals surface area contributed by atoms with Gasteiger partial charge in [0.05, 0.1) is 23.3 Å². The Bertz CT molecular complexity index is 660. The molecule has 0 aliphatic carbocycles. The number of likely N-dealkylation sites (tertiary alicyclic amines) is 1. The van der Waals surface area contributed by atoms with Crippen LogP contribution in [-0.4, -0.2) is 62.4 Å². The third kappa shape index (κ3) is 7.03. The fourth-order valence-electron chi connectivity index (χ4n) is 2.53. The van der Waals surface area contributed by atoms with Crippen molar-refractivity contribution in [3.63, 3.8) is 0 Å². The van der Waals surface area contributed by atoms with Gasteiger partial charge in [0, 0.05) is 24.1 Å². The Morgan fingerprint density at radius 1 is 1.32 bits per heavy atom. The van der Waals surface area contributed by atoms with E-state index < -0.39 is 9.84 Å². The van der Waals surface area contributed by atoms with Crippen LogP contribution in [0, 0.1) is 0 Å². The molecule has 2 rings (SSSR count). The maximum atomic E-state index is 12.4. The first-order valence-corrected chi connectivity index (χ1v) is 10.6. The summed E-state index contributed by atoms with van der Waals surface area (Å²) in [7, 11) is -3.34. The average Bonchev–Trinajstić information content (AvgIpc) is 2.55. The first kappa shape index (κ1) is 22.7. The minimum absolute atomic E-state index is 0. The molecule has 1 saturated heterocycles. The molecule has 0 amide bonds. The highest BCUT2D eigenvalue weighted by molar-refractivity contribution is 14.0. The zero-order chi connectivity index (χ0) is 17.6. The van der Waals surface area contributed by atoms with Gasteiger partial charge in [0.2, 0.25) is 0 Å². The van der Waals surface area contributed by atoms with Gasteiger partial charge < -0.3 is 15.3 Å². The Labute approximate surface area is 175 Å². The van der Waals surface area contributed by atoms with E-state index in [1.54, 1.807) is 24.3 Å². The van der Waals surface area contributed by atoms with E-state index in [-0.39, 0.29) is 42.4 Å². The van der Waals surface area contributed by atoms with Gasteiger partial charge in [-0.3, -0.25) is 4.99 Å². The second kappa shape index (κ2) is 10.7. The molecule has 6 nitrogen and oxygen atoms in total. The third-order valence-corrected chi connectivity index (χ3v) is 6.13. The first-order chi connectivity index (χ1) is 11.4. The summed E-state index contributed by atoms with van der Waals surface area (Å²) in [5, 5.41) is 12.8. The summed E-state index contributed by atoms with van der Waals surface area (Å²) >= 11 is 3.30. The molecule has 2 N–H and O–H groups in total. The van der Waals surface area contributed by atoms with Crippen LogP contribution in [0.15, 0.2) is 38.6 Å². The molecule has 0 atom stereocenters. The number of nitrogens with zero attached hydrogens (tertiary/aromatic N) is 2. The Hall–Kier alpha value is -0.390. The number of hydrogen-bond donors (Lipinski definition) is 2. The summed E-state index contributed by atoms with van der Waals surface area (Å²) in [6.45, 7) is 4.36. The lowest BCUT2D eigenvalue weighted by Gasteiger charge is -2.32. The van der Waals surface area contributed by atoms with Gasteiger partial charge in [-0.2, -0.15) is 0 Å². The summed E-state index contributed by atoms with van der Waals surface area (Å²) < 4.78 is 25.5. The van der Waals surface area contributed by atoms with Crippen molar-refractivity contribution in [1.82, 2.24) is 10.2 Å². The highest BCUT2D eigenvalue weighted by Gasteiger charge is 2.20. The number of halogens is 2. The Morgan fingerprint density at radius 2 is 1.92 bits per heavy atom. The van der Waals surface area contributed by atoms with E-state index in [1.165, 1.54) is 0 Å². The number of aliphatic imine (C=N–C) groups is 1. The lowest BCUT2D eigenvalue weighted by Crippen LogP contribution is -2.46. The van der Waals surface area contributed by atoms with E-state index in [0.29, 0.717) is 17.7 Å².